The van der Waals surface area contributed by atoms with E-state index in [1.165, 1.54) is 5.01 Å². The van der Waals surface area contributed by atoms with Crippen molar-refractivity contribution in [2.45, 2.75) is 6.42 Å². The van der Waals surface area contributed by atoms with E-state index < -0.39 is 0 Å². The number of hydrazone groups is 1. The maximum atomic E-state index is 12.3. The van der Waals surface area contributed by atoms with Gasteiger partial charge in [0.1, 0.15) is 0 Å². The SMILES string of the molecule is O=C(c1cccnc1)N1CCC(c2ccccc2I)=N1. The largest absolute Gasteiger partial charge is 0.275 e. The molecular weight excluding hydrogens is 365 g/mol. The number of hydrogen-bond donors (Lipinski definition) is 0. The first-order chi connectivity index (χ1) is 9.75. The first-order valence-electron chi connectivity index (χ1n) is 6.30. The molecule has 0 saturated carbocycles. The molecule has 1 amide bonds. The third-order valence-electron chi connectivity index (χ3n) is 3.13. The van der Waals surface area contributed by atoms with Crippen LogP contribution in [0.1, 0.15) is 22.3 Å². The van der Waals surface area contributed by atoms with Gasteiger partial charge in [-0.2, -0.15) is 5.10 Å². The van der Waals surface area contributed by atoms with Crippen LogP contribution in [-0.4, -0.2) is 28.2 Å². The number of rotatable bonds is 2. The summed E-state index contributed by atoms with van der Waals surface area (Å²) in [6.45, 7) is 0.619. The smallest absolute Gasteiger partial charge is 0.267 e. The highest BCUT2D eigenvalue weighted by molar-refractivity contribution is 14.1. The predicted molar refractivity (Wildman–Crippen MR) is 85.6 cm³/mol. The zero-order chi connectivity index (χ0) is 13.9. The highest BCUT2D eigenvalue weighted by atomic mass is 127. The Kier molecular flexibility index (Phi) is 3.77. The van der Waals surface area contributed by atoms with E-state index in [0.29, 0.717) is 12.1 Å². The number of nitrogens with zero attached hydrogens (tertiary/aromatic N) is 3. The van der Waals surface area contributed by atoms with Crippen molar-refractivity contribution in [2.24, 2.45) is 5.10 Å². The second-order valence-corrected chi connectivity index (χ2v) is 5.61. The van der Waals surface area contributed by atoms with E-state index in [2.05, 4.69) is 32.7 Å². The molecular formula is C15H12IN3O. The number of carbonyl (C=O) groups excluding carboxylic acids is 1. The van der Waals surface area contributed by atoms with Gasteiger partial charge in [0, 0.05) is 27.9 Å². The van der Waals surface area contributed by atoms with Crippen LogP contribution in [0.5, 0.6) is 0 Å². The zero-order valence-corrected chi connectivity index (χ0v) is 12.8. The van der Waals surface area contributed by atoms with Crippen molar-refractivity contribution in [3.05, 3.63) is 63.5 Å². The second kappa shape index (κ2) is 5.70. The molecule has 2 aromatic rings. The molecule has 0 saturated heterocycles. The molecule has 1 aromatic carbocycles. The number of amides is 1. The van der Waals surface area contributed by atoms with Crippen LogP contribution in [0.25, 0.3) is 0 Å². The fourth-order valence-corrected chi connectivity index (χ4v) is 2.83. The van der Waals surface area contributed by atoms with Crippen LogP contribution in [-0.2, 0) is 0 Å². The molecule has 1 aliphatic rings. The summed E-state index contributed by atoms with van der Waals surface area (Å²) in [5.41, 5.74) is 2.64. The van der Waals surface area contributed by atoms with Gasteiger partial charge in [-0.3, -0.25) is 9.78 Å². The second-order valence-electron chi connectivity index (χ2n) is 4.45. The molecule has 1 aromatic heterocycles. The summed E-state index contributed by atoms with van der Waals surface area (Å²) in [5, 5.41) is 5.99. The molecule has 0 bridgehead atoms. The number of carbonyl (C=O) groups is 1. The van der Waals surface area contributed by atoms with E-state index in [-0.39, 0.29) is 5.91 Å². The van der Waals surface area contributed by atoms with Crippen LogP contribution >= 0.6 is 22.6 Å². The Morgan fingerprint density at radius 3 is 2.80 bits per heavy atom. The fraction of sp³-hybridized carbons (Fsp3) is 0.133. The van der Waals surface area contributed by atoms with Crippen LogP contribution in [0.3, 0.4) is 0 Å². The lowest BCUT2D eigenvalue weighted by molar-refractivity contribution is 0.0778. The minimum atomic E-state index is -0.0981. The molecule has 5 heteroatoms. The number of pyridine rings is 1. The summed E-state index contributed by atoms with van der Waals surface area (Å²) in [4.78, 5) is 16.3. The maximum Gasteiger partial charge on any atom is 0.275 e. The number of halogens is 1. The third kappa shape index (κ3) is 2.58. The van der Waals surface area contributed by atoms with Crippen LogP contribution in [0.2, 0.25) is 0 Å². The van der Waals surface area contributed by atoms with Crippen molar-refractivity contribution in [2.75, 3.05) is 6.54 Å². The van der Waals surface area contributed by atoms with Gasteiger partial charge in [0.05, 0.1) is 17.8 Å². The van der Waals surface area contributed by atoms with E-state index in [4.69, 9.17) is 0 Å². The minimum Gasteiger partial charge on any atom is -0.267 e. The van der Waals surface area contributed by atoms with Crippen LogP contribution in [0.15, 0.2) is 53.9 Å². The van der Waals surface area contributed by atoms with Crippen molar-refractivity contribution < 1.29 is 4.79 Å². The van der Waals surface area contributed by atoms with Crippen LogP contribution in [0.4, 0.5) is 0 Å². The maximum absolute atomic E-state index is 12.3. The molecule has 2 heterocycles. The standard InChI is InChI=1S/C15H12IN3O/c16-13-6-2-1-5-12(13)14-7-9-19(18-14)15(20)11-4-3-8-17-10-11/h1-6,8,10H,7,9H2. The lowest BCUT2D eigenvalue weighted by Crippen LogP contribution is -2.23. The van der Waals surface area contributed by atoms with Crippen molar-refractivity contribution >= 4 is 34.2 Å². The molecule has 0 fully saturated rings. The van der Waals surface area contributed by atoms with Gasteiger partial charge >= 0.3 is 0 Å². The van der Waals surface area contributed by atoms with Gasteiger partial charge in [0.25, 0.3) is 5.91 Å². The van der Waals surface area contributed by atoms with Gasteiger partial charge in [-0.05, 0) is 40.8 Å². The van der Waals surface area contributed by atoms with Crippen LogP contribution < -0.4 is 0 Å². The van der Waals surface area contributed by atoms with E-state index in [1.807, 2.05) is 24.3 Å². The molecule has 20 heavy (non-hydrogen) atoms. The summed E-state index contributed by atoms with van der Waals surface area (Å²) in [5.74, 6) is -0.0981. The lowest BCUT2D eigenvalue weighted by Gasteiger charge is -2.10. The highest BCUT2D eigenvalue weighted by Gasteiger charge is 2.23. The molecule has 0 N–H and O–H groups in total. The molecule has 100 valence electrons. The van der Waals surface area contributed by atoms with E-state index >= 15 is 0 Å². The van der Waals surface area contributed by atoms with Crippen molar-refractivity contribution in [1.82, 2.24) is 9.99 Å². The zero-order valence-electron chi connectivity index (χ0n) is 10.7. The van der Waals surface area contributed by atoms with E-state index in [9.17, 15) is 4.79 Å². The van der Waals surface area contributed by atoms with Crippen LogP contribution in [0, 0.1) is 3.57 Å². The Balaban J connectivity index is 1.85. The molecule has 0 spiro atoms. The molecule has 4 nitrogen and oxygen atoms in total. The van der Waals surface area contributed by atoms with Crippen molar-refractivity contribution in [1.29, 1.82) is 0 Å². The van der Waals surface area contributed by atoms with Gasteiger partial charge in [0.2, 0.25) is 0 Å². The molecule has 0 aliphatic carbocycles. The Morgan fingerprint density at radius 2 is 2.05 bits per heavy atom. The third-order valence-corrected chi connectivity index (χ3v) is 4.07. The summed E-state index contributed by atoms with van der Waals surface area (Å²) < 4.78 is 1.15. The average molecular weight is 377 g/mol. The molecule has 0 atom stereocenters. The summed E-state index contributed by atoms with van der Waals surface area (Å²) >= 11 is 2.29. The highest BCUT2D eigenvalue weighted by Crippen LogP contribution is 2.20. The molecule has 3 rings (SSSR count). The van der Waals surface area contributed by atoms with Crippen molar-refractivity contribution in [3.8, 4) is 0 Å². The van der Waals surface area contributed by atoms with Gasteiger partial charge in [0.15, 0.2) is 0 Å². The first kappa shape index (κ1) is 13.2. The van der Waals surface area contributed by atoms with Gasteiger partial charge in [-0.15, -0.1) is 0 Å². The first-order valence-corrected chi connectivity index (χ1v) is 7.38. The van der Waals surface area contributed by atoms with Gasteiger partial charge < -0.3 is 0 Å². The Bertz CT molecular complexity index is 670. The quantitative estimate of drug-likeness (QED) is 0.756. The van der Waals surface area contributed by atoms with E-state index in [0.717, 1.165) is 21.3 Å². The van der Waals surface area contributed by atoms with Crippen molar-refractivity contribution in [3.63, 3.8) is 0 Å². The van der Waals surface area contributed by atoms with E-state index in [1.54, 1.807) is 24.5 Å². The topological polar surface area (TPSA) is 45.6 Å². The summed E-state index contributed by atoms with van der Waals surface area (Å²) in [6.07, 6.45) is 4.01. The molecule has 0 unspecified atom stereocenters. The number of hydrogen-bond acceptors (Lipinski definition) is 3. The Hall–Kier alpha value is -1.76. The van der Waals surface area contributed by atoms with Gasteiger partial charge in [-0.1, -0.05) is 18.2 Å². The lowest BCUT2D eigenvalue weighted by atomic mass is 10.1. The summed E-state index contributed by atoms with van der Waals surface area (Å²) in [7, 11) is 0. The predicted octanol–water partition coefficient (Wildman–Crippen LogP) is 2.94. The number of benzene rings is 1. The average Bonchev–Trinajstić information content (AvgIpc) is 2.97. The normalized spacial score (nSPS) is 14.2. The van der Waals surface area contributed by atoms with Gasteiger partial charge in [-0.25, -0.2) is 5.01 Å². The molecule has 1 aliphatic heterocycles. The molecule has 0 radical (unpaired) electrons. The monoisotopic (exact) mass is 377 g/mol. The summed E-state index contributed by atoms with van der Waals surface area (Å²) in [6, 6.07) is 11.6. The Morgan fingerprint density at radius 1 is 1.20 bits per heavy atom. The minimum absolute atomic E-state index is 0.0981. The fourth-order valence-electron chi connectivity index (χ4n) is 2.13. The Labute approximate surface area is 130 Å². The number of aromatic nitrogens is 1.